The van der Waals surface area contributed by atoms with Crippen LogP contribution in [0.4, 0.5) is 11.4 Å². The number of anilines is 2. The van der Waals surface area contributed by atoms with Gasteiger partial charge in [0.25, 0.3) is 0 Å². The molecule has 0 radical (unpaired) electrons. The Morgan fingerprint density at radius 1 is 1.44 bits per heavy atom. The average molecular weight is 275 g/mol. The van der Waals surface area contributed by atoms with Crippen molar-refractivity contribution in [1.82, 2.24) is 0 Å². The smallest absolute Gasteiger partial charge is 0.240 e. The van der Waals surface area contributed by atoms with Gasteiger partial charge >= 0.3 is 0 Å². The molecule has 1 unspecified atom stereocenters. The van der Waals surface area contributed by atoms with Crippen LogP contribution < -0.4 is 16.2 Å². The molecular formula is C10H17N3O4S. The highest BCUT2D eigenvalue weighted by atomic mass is 32.2. The Morgan fingerprint density at radius 3 is 2.50 bits per heavy atom. The van der Waals surface area contributed by atoms with Crippen LogP contribution in [0.25, 0.3) is 0 Å². The molecule has 0 aliphatic carbocycles. The Bertz CT molecular complexity index is 528. The maximum atomic E-state index is 11.1. The van der Waals surface area contributed by atoms with Gasteiger partial charge in [0, 0.05) is 12.2 Å². The van der Waals surface area contributed by atoms with Crippen LogP contribution in [0.1, 0.15) is 6.92 Å². The first-order valence-electron chi connectivity index (χ1n) is 5.15. The third-order valence-corrected chi connectivity index (χ3v) is 3.32. The van der Waals surface area contributed by atoms with Crippen molar-refractivity contribution in [2.24, 2.45) is 5.14 Å². The van der Waals surface area contributed by atoms with E-state index in [0.717, 1.165) is 0 Å². The molecule has 0 amide bonds. The van der Waals surface area contributed by atoms with Crippen LogP contribution >= 0.6 is 0 Å². The summed E-state index contributed by atoms with van der Waals surface area (Å²) in [6.07, 6.45) is 0. The lowest BCUT2D eigenvalue weighted by Gasteiger charge is -2.21. The van der Waals surface area contributed by atoms with Crippen molar-refractivity contribution in [3.63, 3.8) is 0 Å². The normalized spacial score (nSPS) is 15.1. The average Bonchev–Trinajstić information content (AvgIpc) is 2.25. The van der Waals surface area contributed by atoms with Crippen molar-refractivity contribution < 1.29 is 18.6 Å². The minimum absolute atomic E-state index is 0.0196. The van der Waals surface area contributed by atoms with Crippen molar-refractivity contribution in [2.75, 3.05) is 24.2 Å². The largest absolute Gasteiger partial charge is 0.398 e. The summed E-state index contributed by atoms with van der Waals surface area (Å²) in [6, 6.07) is 4.15. The molecule has 8 heteroatoms. The third kappa shape index (κ3) is 3.84. The quantitative estimate of drug-likeness (QED) is 0.440. The number of primary sulfonamides is 1. The molecule has 0 saturated heterocycles. The Hall–Kier alpha value is -1.35. The Balaban J connectivity index is 2.86. The van der Waals surface area contributed by atoms with Gasteiger partial charge in [0.1, 0.15) is 10.5 Å². The van der Waals surface area contributed by atoms with Crippen LogP contribution in [0, 0.1) is 0 Å². The van der Waals surface area contributed by atoms with Crippen LogP contribution in [0.15, 0.2) is 23.1 Å². The zero-order valence-electron chi connectivity index (χ0n) is 9.92. The number of hydrogen-bond donors (Lipinski definition) is 5. The molecule has 1 aromatic carbocycles. The van der Waals surface area contributed by atoms with Gasteiger partial charge in [0.05, 0.1) is 12.3 Å². The van der Waals surface area contributed by atoms with Gasteiger partial charge in [-0.15, -0.1) is 0 Å². The second kappa shape index (κ2) is 5.11. The van der Waals surface area contributed by atoms with E-state index in [2.05, 4.69) is 5.32 Å². The fraction of sp³-hybridized carbons (Fsp3) is 0.400. The summed E-state index contributed by atoms with van der Waals surface area (Å²) in [5.74, 6) is 0. The number of benzene rings is 1. The molecule has 0 saturated carbocycles. The van der Waals surface area contributed by atoms with Gasteiger partial charge in [-0.25, -0.2) is 13.6 Å². The summed E-state index contributed by atoms with van der Waals surface area (Å²) < 4.78 is 22.3. The maximum Gasteiger partial charge on any atom is 0.240 e. The SMILES string of the molecule is CC(O)(CO)CNc1ccc(S(N)(=O)=O)c(N)c1. The highest BCUT2D eigenvalue weighted by Gasteiger charge is 2.19. The van der Waals surface area contributed by atoms with E-state index in [4.69, 9.17) is 16.0 Å². The standard InChI is InChI=1S/C10H17N3O4S/c1-10(15,6-14)5-13-7-2-3-9(8(11)4-7)18(12,16)17/h2-4,13-15H,5-6,11H2,1H3,(H2,12,16,17). The molecule has 1 rings (SSSR count). The van der Waals surface area contributed by atoms with Gasteiger partial charge in [-0.05, 0) is 25.1 Å². The second-order valence-electron chi connectivity index (χ2n) is 4.31. The van der Waals surface area contributed by atoms with E-state index in [1.807, 2.05) is 0 Å². The van der Waals surface area contributed by atoms with Crippen molar-refractivity contribution in [3.05, 3.63) is 18.2 Å². The maximum absolute atomic E-state index is 11.1. The zero-order valence-corrected chi connectivity index (χ0v) is 10.7. The summed E-state index contributed by atoms with van der Waals surface area (Å²) >= 11 is 0. The molecule has 0 fully saturated rings. The summed E-state index contributed by atoms with van der Waals surface area (Å²) in [6.45, 7) is 1.16. The van der Waals surface area contributed by atoms with Gasteiger partial charge in [-0.1, -0.05) is 0 Å². The van der Waals surface area contributed by atoms with E-state index in [1.54, 1.807) is 0 Å². The molecule has 0 heterocycles. The molecule has 1 atom stereocenters. The number of sulfonamides is 1. The monoisotopic (exact) mass is 275 g/mol. The predicted molar refractivity (Wildman–Crippen MR) is 68.4 cm³/mol. The lowest BCUT2D eigenvalue weighted by atomic mass is 10.1. The van der Waals surface area contributed by atoms with Gasteiger partial charge in [0.2, 0.25) is 10.0 Å². The van der Waals surface area contributed by atoms with E-state index in [9.17, 15) is 13.5 Å². The number of hydrogen-bond acceptors (Lipinski definition) is 6. The highest BCUT2D eigenvalue weighted by Crippen LogP contribution is 2.21. The molecule has 0 aromatic heterocycles. The molecule has 0 aliphatic heterocycles. The number of nitrogens with two attached hydrogens (primary N) is 2. The molecule has 0 bridgehead atoms. The fourth-order valence-electron chi connectivity index (χ4n) is 1.27. The molecule has 0 spiro atoms. The van der Waals surface area contributed by atoms with Crippen molar-refractivity contribution in [2.45, 2.75) is 17.4 Å². The fourth-order valence-corrected chi connectivity index (χ4v) is 1.91. The number of nitrogen functional groups attached to an aromatic ring is 1. The van der Waals surface area contributed by atoms with E-state index in [-0.39, 0.29) is 17.1 Å². The van der Waals surface area contributed by atoms with Crippen molar-refractivity contribution >= 4 is 21.4 Å². The summed E-state index contributed by atoms with van der Waals surface area (Å²) in [4.78, 5) is -0.151. The molecule has 18 heavy (non-hydrogen) atoms. The number of aliphatic hydroxyl groups excluding tert-OH is 1. The van der Waals surface area contributed by atoms with Gasteiger partial charge in [-0.2, -0.15) is 0 Å². The number of rotatable bonds is 5. The Kier molecular flexibility index (Phi) is 4.17. The Morgan fingerprint density at radius 2 is 2.06 bits per heavy atom. The minimum atomic E-state index is -3.84. The zero-order chi connectivity index (χ0) is 14.0. The van der Waals surface area contributed by atoms with Crippen LogP contribution in [0.5, 0.6) is 0 Å². The van der Waals surface area contributed by atoms with Gasteiger partial charge < -0.3 is 21.3 Å². The first kappa shape index (κ1) is 14.7. The van der Waals surface area contributed by atoms with Gasteiger partial charge in [0.15, 0.2) is 0 Å². The van der Waals surface area contributed by atoms with E-state index < -0.39 is 22.2 Å². The predicted octanol–water partition coefficient (Wildman–Crippen LogP) is -0.929. The number of nitrogens with one attached hydrogen (secondary N) is 1. The molecule has 1 aromatic rings. The number of aliphatic hydroxyl groups is 2. The lowest BCUT2D eigenvalue weighted by Crippen LogP contribution is -2.37. The van der Waals surface area contributed by atoms with Crippen molar-refractivity contribution in [3.8, 4) is 0 Å². The Labute approximate surface area is 105 Å². The van der Waals surface area contributed by atoms with Crippen molar-refractivity contribution in [1.29, 1.82) is 0 Å². The molecule has 7 N–H and O–H groups in total. The minimum Gasteiger partial charge on any atom is -0.398 e. The van der Waals surface area contributed by atoms with Crippen LogP contribution in [-0.2, 0) is 10.0 Å². The first-order valence-corrected chi connectivity index (χ1v) is 6.70. The molecular weight excluding hydrogens is 258 g/mol. The summed E-state index contributed by atoms with van der Waals surface area (Å²) in [5.41, 5.74) is 4.84. The van der Waals surface area contributed by atoms with Gasteiger partial charge in [-0.3, -0.25) is 0 Å². The second-order valence-corrected chi connectivity index (χ2v) is 5.84. The van der Waals surface area contributed by atoms with E-state index in [0.29, 0.717) is 5.69 Å². The van der Waals surface area contributed by atoms with Crippen LogP contribution in [0.3, 0.4) is 0 Å². The van der Waals surface area contributed by atoms with Crippen LogP contribution in [-0.4, -0.2) is 37.4 Å². The summed E-state index contributed by atoms with van der Waals surface area (Å²) in [7, 11) is -3.84. The molecule has 102 valence electrons. The highest BCUT2D eigenvalue weighted by molar-refractivity contribution is 7.89. The molecule has 7 nitrogen and oxygen atoms in total. The topological polar surface area (TPSA) is 139 Å². The lowest BCUT2D eigenvalue weighted by molar-refractivity contribution is 0.0132. The third-order valence-electron chi connectivity index (χ3n) is 2.33. The van der Waals surface area contributed by atoms with E-state index >= 15 is 0 Å². The van der Waals surface area contributed by atoms with Crippen LogP contribution in [0.2, 0.25) is 0 Å². The molecule has 0 aliphatic rings. The first-order chi connectivity index (χ1) is 8.15. The summed E-state index contributed by atoms with van der Waals surface area (Å²) in [5, 5.41) is 26.2. The van der Waals surface area contributed by atoms with E-state index in [1.165, 1.54) is 25.1 Å².